The second-order valence-corrected chi connectivity index (χ2v) is 6.30. The van der Waals surface area contributed by atoms with Crippen molar-refractivity contribution in [3.63, 3.8) is 0 Å². The topological polar surface area (TPSA) is 65.1 Å². The number of hydrogen-bond donors (Lipinski definition) is 0. The van der Waals surface area contributed by atoms with Gasteiger partial charge in [0.2, 0.25) is 0 Å². The molecule has 6 heteroatoms. The number of nitrogens with zero attached hydrogens (tertiary/aromatic N) is 1. The summed E-state index contributed by atoms with van der Waals surface area (Å²) in [4.78, 5) is 25.6. The number of carbonyl (C=O) groups excluding carboxylic acids is 2. The number of carbonyl (C=O) groups is 2. The third kappa shape index (κ3) is 4.71. The predicted octanol–water partition coefficient (Wildman–Crippen LogP) is 2.79. The van der Waals surface area contributed by atoms with Gasteiger partial charge in [-0.05, 0) is 37.5 Å². The van der Waals surface area contributed by atoms with Crippen LogP contribution in [0.15, 0.2) is 36.1 Å². The maximum atomic E-state index is 12.2. The van der Waals surface area contributed by atoms with E-state index in [1.807, 2.05) is 0 Å². The Morgan fingerprint density at radius 3 is 2.15 bits per heavy atom. The summed E-state index contributed by atoms with van der Waals surface area (Å²) in [6.07, 6.45) is 6.75. The van der Waals surface area contributed by atoms with E-state index in [4.69, 9.17) is 14.2 Å². The molecule has 0 saturated heterocycles. The van der Waals surface area contributed by atoms with E-state index in [1.165, 1.54) is 17.7 Å². The zero-order valence-corrected chi connectivity index (χ0v) is 14.9. The number of fused-ring (bicyclic) bond motifs is 1. The summed E-state index contributed by atoms with van der Waals surface area (Å²) in [5.41, 5.74) is 0.933. The highest BCUT2D eigenvalue weighted by molar-refractivity contribution is 6.21. The minimum Gasteiger partial charge on any atom is -0.496 e. The van der Waals surface area contributed by atoms with Crippen molar-refractivity contribution in [2.24, 2.45) is 0 Å². The number of rotatable bonds is 10. The lowest BCUT2D eigenvalue weighted by atomic mass is 10.1. The molecule has 0 N–H and O–H groups in total. The van der Waals surface area contributed by atoms with Crippen LogP contribution in [0.4, 0.5) is 0 Å². The lowest BCUT2D eigenvalue weighted by Crippen LogP contribution is -2.33. The van der Waals surface area contributed by atoms with E-state index >= 15 is 0 Å². The summed E-state index contributed by atoms with van der Waals surface area (Å²) in [5.74, 6) is 0.580. The first-order valence-corrected chi connectivity index (χ1v) is 9.20. The van der Waals surface area contributed by atoms with Crippen LogP contribution in [0.25, 0.3) is 0 Å². The molecule has 0 aromatic heterocycles. The highest BCUT2D eigenvalue weighted by atomic mass is 16.5. The van der Waals surface area contributed by atoms with Gasteiger partial charge in [-0.25, -0.2) is 0 Å². The summed E-state index contributed by atoms with van der Waals surface area (Å²) >= 11 is 0. The number of imide groups is 1. The second-order valence-electron chi connectivity index (χ2n) is 6.30. The summed E-state index contributed by atoms with van der Waals surface area (Å²) in [6.45, 7) is 2.53. The van der Waals surface area contributed by atoms with Crippen LogP contribution in [0, 0.1) is 0 Å². The molecular formula is C20H25NO5. The number of allylic oxidation sites excluding steroid dienone is 2. The van der Waals surface area contributed by atoms with E-state index in [0.29, 0.717) is 44.2 Å². The van der Waals surface area contributed by atoms with Gasteiger partial charge in [-0.3, -0.25) is 14.5 Å². The molecule has 1 aliphatic carbocycles. The fraction of sp³-hybridized carbons (Fsp3) is 0.500. The van der Waals surface area contributed by atoms with Gasteiger partial charge in [0.25, 0.3) is 11.8 Å². The van der Waals surface area contributed by atoms with E-state index in [9.17, 15) is 9.59 Å². The minimum atomic E-state index is -0.250. The molecule has 0 spiro atoms. The number of hydrogen-bond acceptors (Lipinski definition) is 5. The molecule has 3 rings (SSSR count). The monoisotopic (exact) mass is 359 g/mol. The first-order chi connectivity index (χ1) is 12.8. The van der Waals surface area contributed by atoms with Gasteiger partial charge < -0.3 is 14.2 Å². The van der Waals surface area contributed by atoms with Crippen molar-refractivity contribution in [3.05, 3.63) is 47.2 Å². The Morgan fingerprint density at radius 2 is 1.50 bits per heavy atom. The lowest BCUT2D eigenvalue weighted by Gasteiger charge is -2.15. The van der Waals surface area contributed by atoms with Gasteiger partial charge in [0.05, 0.1) is 49.9 Å². The van der Waals surface area contributed by atoms with Crippen molar-refractivity contribution in [2.75, 3.05) is 39.6 Å². The normalized spacial score (nSPS) is 16.6. The molecule has 0 atom stereocenters. The van der Waals surface area contributed by atoms with Gasteiger partial charge in [-0.2, -0.15) is 0 Å². The van der Waals surface area contributed by atoms with E-state index in [-0.39, 0.29) is 18.4 Å². The molecule has 0 radical (unpaired) electrons. The summed E-state index contributed by atoms with van der Waals surface area (Å²) in [7, 11) is 0. The van der Waals surface area contributed by atoms with Gasteiger partial charge >= 0.3 is 0 Å². The molecule has 140 valence electrons. The molecule has 0 fully saturated rings. The predicted molar refractivity (Wildman–Crippen MR) is 96.0 cm³/mol. The SMILES string of the molecule is O=C1c2ccccc2C(=O)N1CCOCCOCCOC1=CCCCC1. The fourth-order valence-electron chi connectivity index (χ4n) is 3.09. The molecule has 26 heavy (non-hydrogen) atoms. The Balaban J connectivity index is 1.23. The summed E-state index contributed by atoms with van der Waals surface area (Å²) in [5, 5.41) is 0. The van der Waals surface area contributed by atoms with Gasteiger partial charge in [0.1, 0.15) is 6.61 Å². The summed E-state index contributed by atoms with van der Waals surface area (Å²) < 4.78 is 16.6. The first kappa shape index (κ1) is 18.6. The van der Waals surface area contributed by atoms with E-state index in [2.05, 4.69) is 6.08 Å². The second kappa shape index (κ2) is 9.50. The third-order valence-electron chi connectivity index (χ3n) is 4.47. The maximum Gasteiger partial charge on any atom is 0.261 e. The third-order valence-corrected chi connectivity index (χ3v) is 4.47. The van der Waals surface area contributed by atoms with Gasteiger partial charge in [-0.1, -0.05) is 12.1 Å². The largest absolute Gasteiger partial charge is 0.496 e. The molecule has 0 bridgehead atoms. The van der Waals surface area contributed by atoms with E-state index < -0.39 is 0 Å². The van der Waals surface area contributed by atoms with Crippen molar-refractivity contribution in [3.8, 4) is 0 Å². The Labute approximate surface area is 153 Å². The fourth-order valence-corrected chi connectivity index (χ4v) is 3.09. The van der Waals surface area contributed by atoms with Crippen LogP contribution < -0.4 is 0 Å². The number of benzene rings is 1. The molecular weight excluding hydrogens is 334 g/mol. The highest BCUT2D eigenvalue weighted by Gasteiger charge is 2.34. The molecule has 0 unspecified atom stereocenters. The van der Waals surface area contributed by atoms with Crippen molar-refractivity contribution in [1.29, 1.82) is 0 Å². The quantitative estimate of drug-likeness (QED) is 0.475. The van der Waals surface area contributed by atoms with Crippen LogP contribution in [0.5, 0.6) is 0 Å². The van der Waals surface area contributed by atoms with Crippen molar-refractivity contribution in [1.82, 2.24) is 4.90 Å². The number of ether oxygens (including phenoxy) is 3. The van der Waals surface area contributed by atoms with Gasteiger partial charge in [0.15, 0.2) is 0 Å². The minimum absolute atomic E-state index is 0.250. The Morgan fingerprint density at radius 1 is 0.846 bits per heavy atom. The molecule has 2 amide bonds. The van der Waals surface area contributed by atoms with Crippen LogP contribution >= 0.6 is 0 Å². The van der Waals surface area contributed by atoms with Gasteiger partial charge in [0, 0.05) is 6.42 Å². The van der Waals surface area contributed by atoms with Crippen LogP contribution in [-0.2, 0) is 14.2 Å². The van der Waals surface area contributed by atoms with Crippen LogP contribution in [0.1, 0.15) is 46.4 Å². The smallest absolute Gasteiger partial charge is 0.261 e. The van der Waals surface area contributed by atoms with E-state index in [0.717, 1.165) is 18.6 Å². The molecule has 1 aliphatic heterocycles. The molecule has 1 aromatic carbocycles. The van der Waals surface area contributed by atoms with Crippen LogP contribution in [0.2, 0.25) is 0 Å². The van der Waals surface area contributed by atoms with Crippen LogP contribution in [-0.4, -0.2) is 56.3 Å². The Hall–Kier alpha value is -2.18. The maximum absolute atomic E-state index is 12.2. The average molecular weight is 359 g/mol. The molecule has 1 heterocycles. The van der Waals surface area contributed by atoms with Crippen molar-refractivity contribution >= 4 is 11.8 Å². The zero-order chi connectivity index (χ0) is 18.2. The zero-order valence-electron chi connectivity index (χ0n) is 14.9. The van der Waals surface area contributed by atoms with Crippen LogP contribution in [0.3, 0.4) is 0 Å². The lowest BCUT2D eigenvalue weighted by molar-refractivity contribution is 0.0203. The van der Waals surface area contributed by atoms with E-state index in [1.54, 1.807) is 24.3 Å². The van der Waals surface area contributed by atoms with Crippen molar-refractivity contribution in [2.45, 2.75) is 25.7 Å². The van der Waals surface area contributed by atoms with Gasteiger partial charge in [-0.15, -0.1) is 0 Å². The molecule has 0 saturated carbocycles. The number of amides is 2. The summed E-state index contributed by atoms with van der Waals surface area (Å²) in [6, 6.07) is 6.87. The van der Waals surface area contributed by atoms with Crippen molar-refractivity contribution < 1.29 is 23.8 Å². The Bertz CT molecular complexity index is 635. The Kier molecular flexibility index (Phi) is 6.80. The highest BCUT2D eigenvalue weighted by Crippen LogP contribution is 2.22. The molecule has 1 aromatic rings. The molecule has 6 nitrogen and oxygen atoms in total. The average Bonchev–Trinajstić information content (AvgIpc) is 2.92. The molecule has 2 aliphatic rings. The first-order valence-electron chi connectivity index (χ1n) is 9.20. The standard InChI is InChI=1S/C20H25NO5/c22-19-17-8-4-5-9-18(17)20(23)21(19)10-11-24-12-13-25-14-15-26-16-6-2-1-3-7-16/h4-6,8-9H,1-3,7,10-15H2.